The Labute approximate surface area is 171 Å². The normalized spacial score (nSPS) is 18.5. The highest BCUT2D eigenvalue weighted by atomic mass is 16.6. The van der Waals surface area contributed by atoms with Crippen molar-refractivity contribution in [1.82, 2.24) is 0 Å². The van der Waals surface area contributed by atoms with Gasteiger partial charge in [-0.1, -0.05) is 55.5 Å². The van der Waals surface area contributed by atoms with Gasteiger partial charge in [0.25, 0.3) is 5.91 Å². The van der Waals surface area contributed by atoms with Crippen molar-refractivity contribution < 1.29 is 19.1 Å². The first-order valence-electron chi connectivity index (χ1n) is 9.95. The highest BCUT2D eigenvalue weighted by Gasteiger charge is 2.54. The van der Waals surface area contributed by atoms with Gasteiger partial charge in [0, 0.05) is 12.8 Å². The average Bonchev–Trinajstić information content (AvgIpc) is 2.94. The van der Waals surface area contributed by atoms with Crippen LogP contribution in [0.15, 0.2) is 54.6 Å². The number of hydrogen-bond donors (Lipinski definition) is 0. The maximum Gasteiger partial charge on any atom is 0.421 e. The molecule has 1 heterocycles. The van der Waals surface area contributed by atoms with Crippen molar-refractivity contribution in [2.75, 3.05) is 4.90 Å². The lowest BCUT2D eigenvalue weighted by Gasteiger charge is -2.29. The molecule has 0 N–H and O–H groups in total. The van der Waals surface area contributed by atoms with Gasteiger partial charge >= 0.3 is 6.09 Å². The molecule has 2 aromatic rings. The number of nitrogens with zero attached hydrogens (tertiary/aromatic N) is 1. The van der Waals surface area contributed by atoms with E-state index in [9.17, 15) is 14.4 Å². The summed E-state index contributed by atoms with van der Waals surface area (Å²) in [5.41, 5.74) is 0.181. The lowest BCUT2D eigenvalue weighted by molar-refractivity contribution is -0.122. The Kier molecular flexibility index (Phi) is 5.60. The van der Waals surface area contributed by atoms with Gasteiger partial charge in [0.15, 0.2) is 0 Å². The number of anilines is 1. The fraction of sp³-hybridized carbons (Fsp3) is 0.375. The van der Waals surface area contributed by atoms with E-state index in [1.54, 1.807) is 32.9 Å². The molecule has 0 saturated carbocycles. The summed E-state index contributed by atoms with van der Waals surface area (Å²) in [6.07, 6.45) is 0.276. The molecule has 0 fully saturated rings. The van der Waals surface area contributed by atoms with Crippen LogP contribution in [-0.4, -0.2) is 23.4 Å². The Balaban J connectivity index is 2.16. The zero-order valence-electron chi connectivity index (χ0n) is 17.4. The summed E-state index contributed by atoms with van der Waals surface area (Å²) in [5, 5.41) is 0. The number of ketones is 1. The SMILES string of the molecule is CCC(=O)CC[C@@]1(c2ccccc2)C(=O)N(C(=O)OC(C)(C)C)c2ccccc21. The monoisotopic (exact) mass is 393 g/mol. The summed E-state index contributed by atoms with van der Waals surface area (Å²) < 4.78 is 5.52. The van der Waals surface area contributed by atoms with E-state index in [1.807, 2.05) is 49.4 Å². The Morgan fingerprint density at radius 1 is 1.00 bits per heavy atom. The molecule has 3 rings (SSSR count). The highest BCUT2D eigenvalue weighted by Crippen LogP contribution is 2.49. The van der Waals surface area contributed by atoms with Crippen molar-refractivity contribution in [2.24, 2.45) is 0 Å². The van der Waals surface area contributed by atoms with E-state index < -0.39 is 17.1 Å². The van der Waals surface area contributed by atoms with Crippen LogP contribution < -0.4 is 4.90 Å². The molecule has 1 aliphatic rings. The van der Waals surface area contributed by atoms with Crippen LogP contribution in [0.5, 0.6) is 0 Å². The van der Waals surface area contributed by atoms with E-state index in [2.05, 4.69) is 0 Å². The summed E-state index contributed by atoms with van der Waals surface area (Å²) in [6.45, 7) is 7.11. The van der Waals surface area contributed by atoms with Crippen molar-refractivity contribution in [3.05, 3.63) is 65.7 Å². The number of carbonyl (C=O) groups excluding carboxylic acids is 3. The second kappa shape index (κ2) is 7.82. The maximum absolute atomic E-state index is 13.8. The Bertz CT molecular complexity index is 929. The second-order valence-electron chi connectivity index (χ2n) is 8.30. The van der Waals surface area contributed by atoms with Gasteiger partial charge < -0.3 is 4.74 Å². The molecule has 1 atom stereocenters. The molecule has 0 radical (unpaired) electrons. The van der Waals surface area contributed by atoms with Crippen molar-refractivity contribution in [1.29, 1.82) is 0 Å². The summed E-state index contributed by atoms with van der Waals surface area (Å²) in [4.78, 5) is 40.1. The van der Waals surface area contributed by atoms with Crippen LogP contribution in [0.2, 0.25) is 0 Å². The smallest absolute Gasteiger partial charge is 0.421 e. The zero-order chi connectivity index (χ0) is 21.2. The lowest BCUT2D eigenvalue weighted by atomic mass is 9.71. The highest BCUT2D eigenvalue weighted by molar-refractivity contribution is 6.22. The molecular formula is C24H27NO4. The van der Waals surface area contributed by atoms with Crippen LogP contribution in [0.25, 0.3) is 0 Å². The van der Waals surface area contributed by atoms with Crippen molar-refractivity contribution in [3.8, 4) is 0 Å². The molecule has 5 nitrogen and oxygen atoms in total. The van der Waals surface area contributed by atoms with Crippen LogP contribution >= 0.6 is 0 Å². The van der Waals surface area contributed by atoms with Gasteiger partial charge in [0.1, 0.15) is 16.8 Å². The predicted octanol–water partition coefficient (Wildman–Crippen LogP) is 5.01. The van der Waals surface area contributed by atoms with Crippen LogP contribution in [-0.2, 0) is 19.7 Å². The van der Waals surface area contributed by atoms with Gasteiger partial charge in [0.2, 0.25) is 0 Å². The van der Waals surface area contributed by atoms with Crippen LogP contribution in [0.1, 0.15) is 58.1 Å². The molecule has 2 aromatic carbocycles. The second-order valence-corrected chi connectivity index (χ2v) is 8.30. The van der Waals surface area contributed by atoms with E-state index in [-0.39, 0.29) is 18.1 Å². The zero-order valence-corrected chi connectivity index (χ0v) is 17.4. The molecule has 0 unspecified atom stereocenters. The first-order chi connectivity index (χ1) is 13.7. The number of hydrogen-bond acceptors (Lipinski definition) is 4. The van der Waals surface area contributed by atoms with E-state index in [0.29, 0.717) is 18.5 Å². The molecule has 0 bridgehead atoms. The summed E-state index contributed by atoms with van der Waals surface area (Å²) in [6, 6.07) is 16.6. The number of benzene rings is 2. The Hall–Kier alpha value is -2.95. The minimum absolute atomic E-state index is 0.0845. The van der Waals surface area contributed by atoms with Gasteiger partial charge in [-0.25, -0.2) is 9.69 Å². The number of para-hydroxylation sites is 1. The van der Waals surface area contributed by atoms with Gasteiger partial charge in [-0.2, -0.15) is 0 Å². The van der Waals surface area contributed by atoms with Crippen LogP contribution in [0.4, 0.5) is 10.5 Å². The van der Waals surface area contributed by atoms with Gasteiger partial charge in [0.05, 0.1) is 5.69 Å². The van der Waals surface area contributed by atoms with E-state index in [1.165, 1.54) is 0 Å². The van der Waals surface area contributed by atoms with E-state index in [0.717, 1.165) is 16.0 Å². The quantitative estimate of drug-likeness (QED) is 0.716. The van der Waals surface area contributed by atoms with Crippen molar-refractivity contribution in [2.45, 2.75) is 58.0 Å². The topological polar surface area (TPSA) is 63.7 Å². The molecular weight excluding hydrogens is 366 g/mol. The molecule has 0 aromatic heterocycles. The van der Waals surface area contributed by atoms with Gasteiger partial charge in [-0.05, 0) is 44.4 Å². The number of amides is 2. The molecule has 1 aliphatic heterocycles. The number of imide groups is 1. The van der Waals surface area contributed by atoms with Crippen molar-refractivity contribution >= 4 is 23.5 Å². The third-order valence-electron chi connectivity index (χ3n) is 5.19. The minimum Gasteiger partial charge on any atom is -0.443 e. The molecule has 0 spiro atoms. The first kappa shape index (κ1) is 20.8. The molecule has 29 heavy (non-hydrogen) atoms. The minimum atomic E-state index is -1.10. The van der Waals surface area contributed by atoms with E-state index >= 15 is 0 Å². The number of rotatable bonds is 5. The summed E-state index contributed by atoms with van der Waals surface area (Å²) in [5.74, 6) is -0.288. The molecule has 152 valence electrons. The Morgan fingerprint density at radius 2 is 1.62 bits per heavy atom. The average molecular weight is 393 g/mol. The summed E-state index contributed by atoms with van der Waals surface area (Å²) >= 11 is 0. The molecule has 2 amide bonds. The number of carbonyl (C=O) groups is 3. The standard InChI is InChI=1S/C24H27NO4/c1-5-18(26)15-16-24(17-11-7-6-8-12-17)19-13-9-10-14-20(19)25(21(24)27)22(28)29-23(2,3)4/h6-14H,5,15-16H2,1-4H3/t24-/m0/s1. The third kappa shape index (κ3) is 3.82. The fourth-order valence-electron chi connectivity index (χ4n) is 3.83. The van der Waals surface area contributed by atoms with Gasteiger partial charge in [-0.3, -0.25) is 9.59 Å². The van der Waals surface area contributed by atoms with Crippen LogP contribution in [0, 0.1) is 0 Å². The third-order valence-corrected chi connectivity index (χ3v) is 5.19. The molecule has 0 saturated heterocycles. The molecule has 0 aliphatic carbocycles. The number of fused-ring (bicyclic) bond motifs is 1. The number of Topliss-reactive ketones (excluding diaryl/α,β-unsaturated/α-hetero) is 1. The number of ether oxygens (including phenoxy) is 1. The first-order valence-corrected chi connectivity index (χ1v) is 9.95. The Morgan fingerprint density at radius 3 is 2.24 bits per heavy atom. The lowest BCUT2D eigenvalue weighted by Crippen LogP contribution is -2.46. The fourth-order valence-corrected chi connectivity index (χ4v) is 3.83. The van der Waals surface area contributed by atoms with Gasteiger partial charge in [-0.15, -0.1) is 0 Å². The largest absolute Gasteiger partial charge is 0.443 e. The maximum atomic E-state index is 13.8. The van der Waals surface area contributed by atoms with Crippen molar-refractivity contribution in [3.63, 3.8) is 0 Å². The summed E-state index contributed by atoms with van der Waals surface area (Å²) in [7, 11) is 0. The van der Waals surface area contributed by atoms with E-state index in [4.69, 9.17) is 4.74 Å². The van der Waals surface area contributed by atoms with Crippen LogP contribution in [0.3, 0.4) is 0 Å². The predicted molar refractivity (Wildman–Crippen MR) is 112 cm³/mol. The molecule has 5 heteroatoms.